The molecule has 0 radical (unpaired) electrons. The van der Waals surface area contributed by atoms with Gasteiger partial charge < -0.3 is 9.84 Å². The number of methoxy groups -OCH3 is 1. The summed E-state index contributed by atoms with van der Waals surface area (Å²) >= 11 is 0. The third-order valence-electron chi connectivity index (χ3n) is 3.26. The summed E-state index contributed by atoms with van der Waals surface area (Å²) in [4.78, 5) is 0.131. The van der Waals surface area contributed by atoms with Gasteiger partial charge >= 0.3 is 0 Å². The maximum Gasteiger partial charge on any atom is 0.247 e. The lowest BCUT2D eigenvalue weighted by Gasteiger charge is -2.21. The molecular weight excluding hydrogens is 278 g/mol. The second kappa shape index (κ2) is 5.95. The van der Waals surface area contributed by atoms with Crippen molar-refractivity contribution >= 4 is 10.0 Å². The van der Waals surface area contributed by atoms with Gasteiger partial charge in [0.15, 0.2) is 0 Å². The van der Waals surface area contributed by atoms with E-state index >= 15 is 0 Å². The predicted octanol–water partition coefficient (Wildman–Crippen LogP) is 1.53. The van der Waals surface area contributed by atoms with Crippen LogP contribution < -0.4 is 4.74 Å². The van der Waals surface area contributed by atoms with E-state index in [-0.39, 0.29) is 29.8 Å². The Morgan fingerprint density at radius 1 is 1.50 bits per heavy atom. The fourth-order valence-corrected chi connectivity index (χ4v) is 3.88. The lowest BCUT2D eigenvalue weighted by atomic mass is 10.2. The second-order valence-corrected chi connectivity index (χ2v) is 6.60. The molecule has 1 aromatic carbocycles. The topological polar surface area (TPSA) is 66.8 Å². The zero-order valence-corrected chi connectivity index (χ0v) is 12.3. The van der Waals surface area contributed by atoms with Crippen LogP contribution in [0.15, 0.2) is 35.7 Å². The molecule has 1 aliphatic carbocycles. The van der Waals surface area contributed by atoms with Gasteiger partial charge in [0.25, 0.3) is 0 Å². The molecule has 2 rings (SSSR count). The highest BCUT2D eigenvalue weighted by atomic mass is 32.2. The maximum absolute atomic E-state index is 12.7. The van der Waals surface area contributed by atoms with E-state index in [9.17, 15) is 8.42 Å². The Labute approximate surface area is 119 Å². The standard InChI is InChI=1S/C14H19NO4S/c1-3-8-15(12-5-6-12)20(17,18)14-7-4-11(10-16)9-13(14)19-2/h3-4,7,9,12,16H,1,5-6,8,10H2,2H3. The van der Waals surface area contributed by atoms with Crippen LogP contribution >= 0.6 is 0 Å². The highest BCUT2D eigenvalue weighted by molar-refractivity contribution is 7.89. The molecule has 0 aromatic heterocycles. The molecule has 0 unspecified atom stereocenters. The van der Waals surface area contributed by atoms with Crippen LogP contribution in [0.5, 0.6) is 5.75 Å². The van der Waals surface area contributed by atoms with E-state index < -0.39 is 10.0 Å². The molecule has 20 heavy (non-hydrogen) atoms. The average Bonchev–Trinajstić information content (AvgIpc) is 3.28. The van der Waals surface area contributed by atoms with Gasteiger partial charge in [0.2, 0.25) is 10.0 Å². The van der Waals surface area contributed by atoms with E-state index in [4.69, 9.17) is 9.84 Å². The van der Waals surface area contributed by atoms with Crippen molar-refractivity contribution in [3.8, 4) is 5.75 Å². The Morgan fingerprint density at radius 2 is 2.20 bits per heavy atom. The summed E-state index contributed by atoms with van der Waals surface area (Å²) in [6.07, 6.45) is 3.35. The third-order valence-corrected chi connectivity index (χ3v) is 5.22. The van der Waals surface area contributed by atoms with Gasteiger partial charge in [-0.05, 0) is 30.5 Å². The molecule has 0 spiro atoms. The first-order chi connectivity index (χ1) is 9.54. The summed E-state index contributed by atoms with van der Waals surface area (Å²) in [6, 6.07) is 4.68. The van der Waals surface area contributed by atoms with Gasteiger partial charge in [0.05, 0.1) is 13.7 Å². The molecule has 0 atom stereocenters. The minimum Gasteiger partial charge on any atom is -0.495 e. The number of hydrogen-bond donors (Lipinski definition) is 1. The zero-order chi connectivity index (χ0) is 14.8. The Hall–Kier alpha value is -1.37. The number of nitrogens with zero attached hydrogens (tertiary/aromatic N) is 1. The van der Waals surface area contributed by atoms with Crippen LogP contribution in [0.2, 0.25) is 0 Å². The summed E-state index contributed by atoms with van der Waals surface area (Å²) in [7, 11) is -2.19. The van der Waals surface area contributed by atoms with Crippen molar-refractivity contribution in [1.82, 2.24) is 4.31 Å². The van der Waals surface area contributed by atoms with Crippen LogP contribution in [0.1, 0.15) is 18.4 Å². The average molecular weight is 297 g/mol. The van der Waals surface area contributed by atoms with Crippen molar-refractivity contribution in [2.24, 2.45) is 0 Å². The van der Waals surface area contributed by atoms with Gasteiger partial charge in [-0.2, -0.15) is 4.31 Å². The normalized spacial score (nSPS) is 15.3. The van der Waals surface area contributed by atoms with E-state index in [0.29, 0.717) is 5.56 Å². The third kappa shape index (κ3) is 2.87. The van der Waals surface area contributed by atoms with Gasteiger partial charge in [0, 0.05) is 12.6 Å². The highest BCUT2D eigenvalue weighted by Gasteiger charge is 2.38. The van der Waals surface area contributed by atoms with Crippen LogP contribution in [0, 0.1) is 0 Å². The fraction of sp³-hybridized carbons (Fsp3) is 0.429. The maximum atomic E-state index is 12.7. The van der Waals surface area contributed by atoms with Crippen molar-refractivity contribution in [1.29, 1.82) is 0 Å². The smallest absolute Gasteiger partial charge is 0.247 e. The van der Waals surface area contributed by atoms with Gasteiger partial charge in [-0.1, -0.05) is 12.1 Å². The monoisotopic (exact) mass is 297 g/mol. The van der Waals surface area contributed by atoms with E-state index in [1.165, 1.54) is 17.5 Å². The SMILES string of the molecule is C=CCN(C1CC1)S(=O)(=O)c1ccc(CO)cc1OC. The minimum atomic E-state index is -3.61. The molecule has 0 aliphatic heterocycles. The molecule has 5 nitrogen and oxygen atoms in total. The Bertz CT molecular complexity index is 593. The predicted molar refractivity (Wildman–Crippen MR) is 76.0 cm³/mol. The summed E-state index contributed by atoms with van der Waals surface area (Å²) in [6.45, 7) is 3.75. The Balaban J connectivity index is 2.44. The molecule has 1 aromatic rings. The molecule has 1 fully saturated rings. The molecule has 0 saturated heterocycles. The summed E-state index contributed by atoms with van der Waals surface area (Å²) in [5, 5.41) is 9.11. The highest BCUT2D eigenvalue weighted by Crippen LogP contribution is 2.35. The van der Waals surface area contributed by atoms with Crippen molar-refractivity contribution in [3.63, 3.8) is 0 Å². The number of rotatable bonds is 7. The molecule has 0 bridgehead atoms. The van der Waals surface area contributed by atoms with Crippen molar-refractivity contribution in [2.45, 2.75) is 30.4 Å². The van der Waals surface area contributed by atoms with Gasteiger partial charge in [-0.3, -0.25) is 0 Å². The molecule has 0 amide bonds. The molecule has 1 saturated carbocycles. The Morgan fingerprint density at radius 3 is 2.70 bits per heavy atom. The van der Waals surface area contributed by atoms with E-state index in [0.717, 1.165) is 12.8 Å². The van der Waals surface area contributed by atoms with Gasteiger partial charge in [0.1, 0.15) is 10.6 Å². The van der Waals surface area contributed by atoms with Crippen molar-refractivity contribution in [2.75, 3.05) is 13.7 Å². The van der Waals surface area contributed by atoms with Crippen LogP contribution in [-0.4, -0.2) is 37.5 Å². The molecule has 0 heterocycles. The number of ether oxygens (including phenoxy) is 1. The Kier molecular flexibility index (Phi) is 4.47. The largest absolute Gasteiger partial charge is 0.495 e. The zero-order valence-electron chi connectivity index (χ0n) is 11.4. The van der Waals surface area contributed by atoms with Gasteiger partial charge in [-0.15, -0.1) is 6.58 Å². The van der Waals surface area contributed by atoms with Crippen LogP contribution in [0.4, 0.5) is 0 Å². The quantitative estimate of drug-likeness (QED) is 0.775. The summed E-state index contributed by atoms with van der Waals surface area (Å²) in [5.74, 6) is 0.256. The van der Waals surface area contributed by atoms with Crippen LogP contribution in [0.25, 0.3) is 0 Å². The number of aliphatic hydroxyl groups excluding tert-OH is 1. The first-order valence-corrected chi connectivity index (χ1v) is 7.89. The molecule has 6 heteroatoms. The molecular formula is C14H19NO4S. The first-order valence-electron chi connectivity index (χ1n) is 6.45. The minimum absolute atomic E-state index is 0.0558. The van der Waals surface area contributed by atoms with Crippen molar-refractivity contribution < 1.29 is 18.3 Å². The fourth-order valence-electron chi connectivity index (χ4n) is 2.08. The summed E-state index contributed by atoms with van der Waals surface area (Å²) < 4.78 is 32.1. The second-order valence-electron chi connectivity index (χ2n) is 4.74. The van der Waals surface area contributed by atoms with Gasteiger partial charge in [-0.25, -0.2) is 8.42 Å². The first kappa shape index (κ1) is 15.0. The van der Waals surface area contributed by atoms with Crippen LogP contribution in [-0.2, 0) is 16.6 Å². The molecule has 110 valence electrons. The molecule has 1 N–H and O–H groups in total. The number of benzene rings is 1. The number of aliphatic hydroxyl groups is 1. The number of hydrogen-bond acceptors (Lipinski definition) is 4. The van der Waals surface area contributed by atoms with Crippen molar-refractivity contribution in [3.05, 3.63) is 36.4 Å². The molecule has 1 aliphatic rings. The van der Waals surface area contributed by atoms with E-state index in [2.05, 4.69) is 6.58 Å². The lowest BCUT2D eigenvalue weighted by Crippen LogP contribution is -2.33. The van der Waals surface area contributed by atoms with E-state index in [1.54, 1.807) is 18.2 Å². The summed E-state index contributed by atoms with van der Waals surface area (Å²) in [5.41, 5.74) is 0.613. The number of sulfonamides is 1. The van der Waals surface area contributed by atoms with E-state index in [1.807, 2.05) is 0 Å². The lowest BCUT2D eigenvalue weighted by molar-refractivity contribution is 0.280. The van der Waals surface area contributed by atoms with Crippen LogP contribution in [0.3, 0.4) is 0 Å².